The van der Waals surface area contributed by atoms with Gasteiger partial charge in [-0.25, -0.2) is 0 Å². The van der Waals surface area contributed by atoms with E-state index in [2.05, 4.69) is 81.5 Å². The van der Waals surface area contributed by atoms with Crippen LogP contribution in [0.4, 0.5) is 0 Å². The van der Waals surface area contributed by atoms with Crippen LogP contribution in [0.15, 0.2) is 60.8 Å². The molecule has 0 heterocycles. The normalized spacial score (nSPS) is 12.5. The van der Waals surface area contributed by atoms with Crippen molar-refractivity contribution in [2.24, 2.45) is 0 Å². The molecule has 0 spiro atoms. The van der Waals surface area contributed by atoms with Crippen LogP contribution in [0, 0.1) is 0 Å². The standard InChI is InChI=1S/C57H100O6/c1-4-7-10-13-16-19-22-25-27-29-32-35-38-41-44-47-50-56(59)62-53-54(52-61-55(58)49-46-43-40-37-34-31-24-21-18-15-12-9-6-3)63-57(60)51-48-45-42-39-36-33-30-28-26-23-20-17-14-11-8-5-2/h12,15,19,21-22,24,27-30,54H,4-11,13-14,16-18,20,23,25-26,31-53H2,1-3H3/b15-12-,22-19-,24-21-,29-27-,30-28-. The first-order valence-corrected chi connectivity index (χ1v) is 26.8. The number of unbranched alkanes of at least 4 members (excludes halogenated alkanes) is 27. The zero-order valence-electron chi connectivity index (χ0n) is 41.6. The summed E-state index contributed by atoms with van der Waals surface area (Å²) in [5, 5.41) is 0. The van der Waals surface area contributed by atoms with Crippen LogP contribution in [-0.4, -0.2) is 37.2 Å². The van der Waals surface area contributed by atoms with Crippen molar-refractivity contribution in [1.82, 2.24) is 0 Å². The molecule has 0 fully saturated rings. The van der Waals surface area contributed by atoms with Crippen LogP contribution in [-0.2, 0) is 28.6 Å². The van der Waals surface area contributed by atoms with Gasteiger partial charge in [-0.15, -0.1) is 0 Å². The fraction of sp³-hybridized carbons (Fsp3) is 0.772. The molecule has 0 saturated heterocycles. The molecular weight excluding hydrogens is 781 g/mol. The Bertz CT molecular complexity index is 1150. The maximum absolute atomic E-state index is 12.8. The molecule has 63 heavy (non-hydrogen) atoms. The van der Waals surface area contributed by atoms with Crippen molar-refractivity contribution < 1.29 is 28.6 Å². The number of allylic oxidation sites excluding steroid dienone is 10. The van der Waals surface area contributed by atoms with Crippen LogP contribution >= 0.6 is 0 Å². The van der Waals surface area contributed by atoms with Crippen LogP contribution in [0.1, 0.15) is 265 Å². The second-order valence-electron chi connectivity index (χ2n) is 17.8. The molecule has 1 unspecified atom stereocenters. The van der Waals surface area contributed by atoms with Crippen molar-refractivity contribution in [3.63, 3.8) is 0 Å². The van der Waals surface area contributed by atoms with Crippen molar-refractivity contribution in [3.8, 4) is 0 Å². The molecule has 6 nitrogen and oxygen atoms in total. The Morgan fingerprint density at radius 2 is 0.603 bits per heavy atom. The van der Waals surface area contributed by atoms with Crippen molar-refractivity contribution >= 4 is 17.9 Å². The average Bonchev–Trinajstić information content (AvgIpc) is 3.28. The summed E-state index contributed by atoms with van der Waals surface area (Å²) in [5.74, 6) is -0.919. The monoisotopic (exact) mass is 881 g/mol. The van der Waals surface area contributed by atoms with E-state index in [4.69, 9.17) is 14.2 Å². The van der Waals surface area contributed by atoms with E-state index < -0.39 is 6.10 Å². The second-order valence-corrected chi connectivity index (χ2v) is 17.8. The van der Waals surface area contributed by atoms with Gasteiger partial charge in [0.25, 0.3) is 0 Å². The topological polar surface area (TPSA) is 78.9 Å². The third kappa shape index (κ3) is 50.0. The Morgan fingerprint density at radius 1 is 0.317 bits per heavy atom. The summed E-state index contributed by atoms with van der Waals surface area (Å²) in [6.07, 6.45) is 63.4. The van der Waals surface area contributed by atoms with Crippen molar-refractivity contribution in [3.05, 3.63) is 60.8 Å². The Balaban J connectivity index is 4.42. The summed E-state index contributed by atoms with van der Waals surface area (Å²) in [5.41, 5.74) is 0. The van der Waals surface area contributed by atoms with Crippen molar-refractivity contribution in [2.75, 3.05) is 13.2 Å². The third-order valence-electron chi connectivity index (χ3n) is 11.4. The molecule has 1 atom stereocenters. The predicted molar refractivity (Wildman–Crippen MR) is 270 cm³/mol. The molecule has 0 aromatic heterocycles. The van der Waals surface area contributed by atoms with E-state index in [0.29, 0.717) is 19.3 Å². The molecule has 0 aromatic rings. The molecule has 0 aromatic carbocycles. The molecule has 0 N–H and O–H groups in total. The lowest BCUT2D eigenvalue weighted by Crippen LogP contribution is -2.30. The van der Waals surface area contributed by atoms with Gasteiger partial charge >= 0.3 is 17.9 Å². The molecule has 0 rings (SSSR count). The summed E-state index contributed by atoms with van der Waals surface area (Å²) in [4.78, 5) is 38.0. The summed E-state index contributed by atoms with van der Waals surface area (Å²) < 4.78 is 16.8. The average molecular weight is 881 g/mol. The van der Waals surface area contributed by atoms with E-state index in [-0.39, 0.29) is 31.1 Å². The minimum atomic E-state index is -0.789. The Morgan fingerprint density at radius 3 is 0.968 bits per heavy atom. The zero-order chi connectivity index (χ0) is 45.8. The molecule has 6 heteroatoms. The van der Waals surface area contributed by atoms with Gasteiger partial charge < -0.3 is 14.2 Å². The minimum absolute atomic E-state index is 0.0891. The van der Waals surface area contributed by atoms with Gasteiger partial charge in [0.2, 0.25) is 0 Å². The first kappa shape index (κ1) is 60.1. The lowest BCUT2D eigenvalue weighted by molar-refractivity contribution is -0.167. The highest BCUT2D eigenvalue weighted by Crippen LogP contribution is 2.14. The largest absolute Gasteiger partial charge is 0.462 e. The molecule has 0 bridgehead atoms. The summed E-state index contributed by atoms with van der Waals surface area (Å²) in [6.45, 7) is 6.53. The number of carbonyl (C=O) groups excluding carboxylic acids is 3. The summed E-state index contributed by atoms with van der Waals surface area (Å²) in [7, 11) is 0. The number of ether oxygens (including phenoxy) is 3. The minimum Gasteiger partial charge on any atom is -0.462 e. The van der Waals surface area contributed by atoms with Gasteiger partial charge in [-0.1, -0.05) is 204 Å². The molecule has 364 valence electrons. The van der Waals surface area contributed by atoms with E-state index in [0.717, 1.165) is 122 Å². The fourth-order valence-corrected chi connectivity index (χ4v) is 7.39. The summed E-state index contributed by atoms with van der Waals surface area (Å²) >= 11 is 0. The van der Waals surface area contributed by atoms with Crippen molar-refractivity contribution in [1.29, 1.82) is 0 Å². The van der Waals surface area contributed by atoms with Crippen LogP contribution < -0.4 is 0 Å². The Hall–Kier alpha value is -2.89. The predicted octanol–water partition coefficient (Wildman–Crippen LogP) is 17.6. The molecule has 0 aliphatic rings. The van der Waals surface area contributed by atoms with Gasteiger partial charge in [0.15, 0.2) is 6.10 Å². The highest BCUT2D eigenvalue weighted by atomic mass is 16.6. The molecule has 0 radical (unpaired) electrons. The van der Waals surface area contributed by atoms with E-state index in [1.54, 1.807) is 0 Å². The number of esters is 3. The molecule has 0 aliphatic carbocycles. The Labute approximate surface area is 390 Å². The Kier molecular flexibility index (Phi) is 49.4. The van der Waals surface area contributed by atoms with Gasteiger partial charge in [0.1, 0.15) is 13.2 Å². The maximum atomic E-state index is 12.8. The second kappa shape index (κ2) is 51.7. The quantitative estimate of drug-likeness (QED) is 0.0262. The molecule has 0 aliphatic heterocycles. The maximum Gasteiger partial charge on any atom is 0.306 e. The first-order chi connectivity index (χ1) is 31.0. The van der Waals surface area contributed by atoms with Gasteiger partial charge in [-0.3, -0.25) is 14.4 Å². The molecular formula is C57H100O6. The van der Waals surface area contributed by atoms with Crippen LogP contribution in [0.3, 0.4) is 0 Å². The zero-order valence-corrected chi connectivity index (χ0v) is 41.6. The fourth-order valence-electron chi connectivity index (χ4n) is 7.39. The van der Waals surface area contributed by atoms with Gasteiger partial charge in [-0.2, -0.15) is 0 Å². The van der Waals surface area contributed by atoms with Gasteiger partial charge in [0.05, 0.1) is 0 Å². The van der Waals surface area contributed by atoms with Crippen LogP contribution in [0.25, 0.3) is 0 Å². The van der Waals surface area contributed by atoms with Crippen LogP contribution in [0.2, 0.25) is 0 Å². The van der Waals surface area contributed by atoms with Gasteiger partial charge in [0, 0.05) is 19.3 Å². The SMILES string of the molecule is CCC/C=C\C/C=C\CCCCCCCC(=O)OCC(COC(=O)CCCCCCC/C=C\C/C=C\CCCCCC)OC(=O)CCCCCCC/C=C\CCCCCCCCC. The lowest BCUT2D eigenvalue weighted by atomic mass is 10.1. The van der Waals surface area contributed by atoms with Crippen molar-refractivity contribution in [2.45, 2.75) is 271 Å². The van der Waals surface area contributed by atoms with E-state index in [1.807, 2.05) is 0 Å². The smallest absolute Gasteiger partial charge is 0.306 e. The highest BCUT2D eigenvalue weighted by molar-refractivity contribution is 5.71. The van der Waals surface area contributed by atoms with E-state index in [1.165, 1.54) is 103 Å². The summed E-state index contributed by atoms with van der Waals surface area (Å²) in [6, 6.07) is 0. The molecule has 0 amide bonds. The van der Waals surface area contributed by atoms with Crippen LogP contribution in [0.5, 0.6) is 0 Å². The lowest BCUT2D eigenvalue weighted by Gasteiger charge is -2.18. The van der Waals surface area contributed by atoms with E-state index in [9.17, 15) is 14.4 Å². The number of carbonyl (C=O) groups is 3. The van der Waals surface area contributed by atoms with Gasteiger partial charge in [-0.05, 0) is 103 Å². The number of hydrogen-bond donors (Lipinski definition) is 0. The first-order valence-electron chi connectivity index (χ1n) is 26.8. The number of rotatable bonds is 48. The third-order valence-corrected chi connectivity index (χ3v) is 11.4. The number of hydrogen-bond acceptors (Lipinski definition) is 6. The highest BCUT2D eigenvalue weighted by Gasteiger charge is 2.19. The van der Waals surface area contributed by atoms with E-state index >= 15 is 0 Å². The molecule has 0 saturated carbocycles.